The van der Waals surface area contributed by atoms with Crippen LogP contribution in [0.1, 0.15) is 11.1 Å². The highest BCUT2D eigenvalue weighted by molar-refractivity contribution is 5.76. The molecule has 0 unspecified atom stereocenters. The zero-order valence-corrected chi connectivity index (χ0v) is 7.66. The third-order valence-electron chi connectivity index (χ3n) is 1.89. The number of aryl methyl sites for hydroxylation is 2. The molecule has 1 aromatic carbocycles. The van der Waals surface area contributed by atoms with E-state index in [9.17, 15) is 4.79 Å². The first-order valence-corrected chi connectivity index (χ1v) is 3.90. The molecular formula is C10H13NO. The van der Waals surface area contributed by atoms with E-state index >= 15 is 0 Å². The van der Waals surface area contributed by atoms with Crippen molar-refractivity contribution < 1.29 is 4.79 Å². The summed E-state index contributed by atoms with van der Waals surface area (Å²) >= 11 is 0. The predicted octanol–water partition coefficient (Wildman–Crippen LogP) is 1.90. The number of carbonyl (C=O) groups is 1. The minimum atomic E-state index is 0.817. The number of benzene rings is 1. The Kier molecular flexibility index (Phi) is 2.48. The maximum atomic E-state index is 10.5. The van der Waals surface area contributed by atoms with Crippen molar-refractivity contribution in [2.75, 3.05) is 11.9 Å². The summed E-state index contributed by atoms with van der Waals surface area (Å²) in [4.78, 5) is 12.0. The quantitative estimate of drug-likeness (QED) is 0.610. The zero-order valence-electron chi connectivity index (χ0n) is 7.66. The third-order valence-corrected chi connectivity index (χ3v) is 1.89. The maximum absolute atomic E-state index is 10.5. The molecule has 0 saturated carbocycles. The first-order chi connectivity index (χ1) is 5.65. The van der Waals surface area contributed by atoms with Crippen LogP contribution in [-0.2, 0) is 4.79 Å². The molecule has 0 spiro atoms. The molecule has 1 aromatic rings. The fraction of sp³-hybridized carbons (Fsp3) is 0.300. The second kappa shape index (κ2) is 3.39. The molecule has 0 aliphatic heterocycles. The average Bonchev–Trinajstić information content (AvgIpc) is 2.03. The van der Waals surface area contributed by atoms with Crippen LogP contribution in [0.2, 0.25) is 0 Å². The lowest BCUT2D eigenvalue weighted by atomic mass is 10.1. The largest absolute Gasteiger partial charge is 0.318 e. The summed E-state index contributed by atoms with van der Waals surface area (Å²) in [6, 6.07) is 6.02. The van der Waals surface area contributed by atoms with Crippen molar-refractivity contribution in [1.82, 2.24) is 0 Å². The lowest BCUT2D eigenvalue weighted by Gasteiger charge is -2.13. The molecule has 1 rings (SSSR count). The summed E-state index contributed by atoms with van der Waals surface area (Å²) in [6.45, 7) is 4.04. The van der Waals surface area contributed by atoms with E-state index in [0.717, 1.165) is 17.7 Å². The van der Waals surface area contributed by atoms with Gasteiger partial charge < -0.3 is 4.90 Å². The highest BCUT2D eigenvalue weighted by Crippen LogP contribution is 2.18. The lowest BCUT2D eigenvalue weighted by Crippen LogP contribution is -2.14. The third kappa shape index (κ3) is 1.64. The summed E-state index contributed by atoms with van der Waals surface area (Å²) < 4.78 is 0. The van der Waals surface area contributed by atoms with Gasteiger partial charge in [0.1, 0.15) is 0 Å². The fourth-order valence-electron chi connectivity index (χ4n) is 1.26. The topological polar surface area (TPSA) is 20.3 Å². The molecule has 0 heterocycles. The standard InChI is InChI=1S/C10H13NO/c1-8-4-5-10(9(2)6-8)11(3)7-12/h4-7H,1-3H3. The molecular weight excluding hydrogens is 150 g/mol. The summed E-state index contributed by atoms with van der Waals surface area (Å²) in [7, 11) is 1.75. The van der Waals surface area contributed by atoms with Crippen molar-refractivity contribution in [3.8, 4) is 0 Å². The Morgan fingerprint density at radius 2 is 2.00 bits per heavy atom. The van der Waals surface area contributed by atoms with Gasteiger partial charge in [0.05, 0.1) is 0 Å². The highest BCUT2D eigenvalue weighted by atomic mass is 16.1. The molecule has 0 atom stereocenters. The molecule has 0 fully saturated rings. The molecule has 0 bridgehead atoms. The van der Waals surface area contributed by atoms with Gasteiger partial charge in [-0.25, -0.2) is 0 Å². The molecule has 64 valence electrons. The van der Waals surface area contributed by atoms with E-state index in [1.807, 2.05) is 26.0 Å². The molecule has 2 heteroatoms. The maximum Gasteiger partial charge on any atom is 0.213 e. The number of amides is 1. The normalized spacial score (nSPS) is 9.58. The smallest absolute Gasteiger partial charge is 0.213 e. The van der Waals surface area contributed by atoms with Gasteiger partial charge in [0, 0.05) is 12.7 Å². The Morgan fingerprint density at radius 1 is 1.33 bits per heavy atom. The molecule has 12 heavy (non-hydrogen) atoms. The van der Waals surface area contributed by atoms with E-state index in [0.29, 0.717) is 0 Å². The molecule has 0 aliphatic carbocycles. The van der Waals surface area contributed by atoms with E-state index in [4.69, 9.17) is 0 Å². The Morgan fingerprint density at radius 3 is 2.50 bits per heavy atom. The highest BCUT2D eigenvalue weighted by Gasteiger charge is 2.01. The molecule has 0 radical (unpaired) electrons. The molecule has 1 amide bonds. The van der Waals surface area contributed by atoms with Crippen LogP contribution >= 0.6 is 0 Å². The first kappa shape index (κ1) is 8.78. The SMILES string of the molecule is Cc1ccc(N(C)C=O)c(C)c1. The number of nitrogens with zero attached hydrogens (tertiary/aromatic N) is 1. The molecule has 0 aromatic heterocycles. The van der Waals surface area contributed by atoms with Crippen molar-refractivity contribution in [1.29, 1.82) is 0 Å². The first-order valence-electron chi connectivity index (χ1n) is 3.90. The van der Waals surface area contributed by atoms with Gasteiger partial charge in [-0.1, -0.05) is 17.7 Å². The van der Waals surface area contributed by atoms with Gasteiger partial charge in [0.15, 0.2) is 0 Å². The molecule has 0 saturated heterocycles. The molecule has 0 aliphatic rings. The van der Waals surface area contributed by atoms with Crippen LogP contribution in [0.15, 0.2) is 18.2 Å². The minimum Gasteiger partial charge on any atom is -0.318 e. The number of rotatable bonds is 2. The predicted molar refractivity (Wildman–Crippen MR) is 50.4 cm³/mol. The molecule has 2 nitrogen and oxygen atoms in total. The summed E-state index contributed by atoms with van der Waals surface area (Å²) in [5, 5.41) is 0. The van der Waals surface area contributed by atoms with E-state index in [2.05, 4.69) is 6.07 Å². The van der Waals surface area contributed by atoms with E-state index < -0.39 is 0 Å². The second-order valence-corrected chi connectivity index (χ2v) is 3.01. The van der Waals surface area contributed by atoms with Crippen LogP contribution in [0, 0.1) is 13.8 Å². The Labute approximate surface area is 72.8 Å². The summed E-state index contributed by atoms with van der Waals surface area (Å²) in [6.07, 6.45) is 0.817. The van der Waals surface area contributed by atoms with E-state index in [1.165, 1.54) is 5.56 Å². The summed E-state index contributed by atoms with van der Waals surface area (Å²) in [5.74, 6) is 0. The lowest BCUT2D eigenvalue weighted by molar-refractivity contribution is -0.107. The number of hydrogen-bond donors (Lipinski definition) is 0. The molecule has 0 N–H and O–H groups in total. The van der Waals surface area contributed by atoms with Gasteiger partial charge in [-0.15, -0.1) is 0 Å². The second-order valence-electron chi connectivity index (χ2n) is 3.01. The minimum absolute atomic E-state index is 0.817. The monoisotopic (exact) mass is 163 g/mol. The van der Waals surface area contributed by atoms with Crippen molar-refractivity contribution in [3.05, 3.63) is 29.3 Å². The van der Waals surface area contributed by atoms with Crippen molar-refractivity contribution in [3.63, 3.8) is 0 Å². The van der Waals surface area contributed by atoms with Crippen LogP contribution in [-0.4, -0.2) is 13.5 Å². The van der Waals surface area contributed by atoms with Crippen LogP contribution in [0.3, 0.4) is 0 Å². The Bertz CT molecular complexity index is 294. The Hall–Kier alpha value is -1.31. The van der Waals surface area contributed by atoms with Gasteiger partial charge in [-0.2, -0.15) is 0 Å². The zero-order chi connectivity index (χ0) is 9.14. The van der Waals surface area contributed by atoms with Gasteiger partial charge in [0.2, 0.25) is 6.41 Å². The number of carbonyl (C=O) groups excluding carboxylic acids is 1. The number of anilines is 1. The van der Waals surface area contributed by atoms with Gasteiger partial charge >= 0.3 is 0 Å². The van der Waals surface area contributed by atoms with Crippen molar-refractivity contribution in [2.45, 2.75) is 13.8 Å². The number of hydrogen-bond acceptors (Lipinski definition) is 1. The van der Waals surface area contributed by atoms with Gasteiger partial charge in [-0.05, 0) is 25.5 Å². The van der Waals surface area contributed by atoms with Gasteiger partial charge in [-0.3, -0.25) is 4.79 Å². The summed E-state index contributed by atoms with van der Waals surface area (Å²) in [5.41, 5.74) is 3.32. The van der Waals surface area contributed by atoms with Crippen molar-refractivity contribution >= 4 is 12.1 Å². The van der Waals surface area contributed by atoms with Gasteiger partial charge in [0.25, 0.3) is 0 Å². The Balaban J connectivity index is 3.09. The van der Waals surface area contributed by atoms with Crippen LogP contribution < -0.4 is 4.90 Å². The average molecular weight is 163 g/mol. The van der Waals surface area contributed by atoms with Crippen LogP contribution in [0.4, 0.5) is 5.69 Å². The van der Waals surface area contributed by atoms with E-state index in [1.54, 1.807) is 11.9 Å². The fourth-order valence-corrected chi connectivity index (χ4v) is 1.26. The van der Waals surface area contributed by atoms with Crippen LogP contribution in [0.25, 0.3) is 0 Å². The van der Waals surface area contributed by atoms with Crippen molar-refractivity contribution in [2.24, 2.45) is 0 Å². The van der Waals surface area contributed by atoms with E-state index in [-0.39, 0.29) is 0 Å². The van der Waals surface area contributed by atoms with Crippen LogP contribution in [0.5, 0.6) is 0 Å².